The summed E-state index contributed by atoms with van der Waals surface area (Å²) in [6, 6.07) is 0. The summed E-state index contributed by atoms with van der Waals surface area (Å²) in [5, 5.41) is 0. The Balaban J connectivity index is 2.54. The predicted octanol–water partition coefficient (Wildman–Crippen LogP) is -0.542. The third-order valence-corrected chi connectivity index (χ3v) is 3.36. The molecule has 1 saturated heterocycles. The van der Waals surface area contributed by atoms with Crippen molar-refractivity contribution in [3.05, 3.63) is 0 Å². The molecule has 1 aliphatic heterocycles. The maximum absolute atomic E-state index is 11.1. The molecule has 0 aromatic rings. The molecular weight excluding hydrogens is 192 g/mol. The summed E-state index contributed by atoms with van der Waals surface area (Å²) in [6.45, 7) is 0.844. The van der Waals surface area contributed by atoms with E-state index in [2.05, 4.69) is 0 Å². The van der Waals surface area contributed by atoms with Crippen molar-refractivity contribution in [3.63, 3.8) is 0 Å². The number of hydrogen-bond acceptors (Lipinski definition) is 3. The van der Waals surface area contributed by atoms with Crippen molar-refractivity contribution in [2.45, 2.75) is 12.8 Å². The molecule has 0 aromatic carbocycles. The van der Waals surface area contributed by atoms with Crippen molar-refractivity contribution < 1.29 is 13.2 Å². The number of amides is 1. The maximum Gasteiger partial charge on any atom is 0.223 e. The third-order valence-electron chi connectivity index (χ3n) is 2.11. The average molecular weight is 206 g/mol. The van der Waals surface area contributed by atoms with Crippen molar-refractivity contribution in [2.75, 3.05) is 26.5 Å². The topological polar surface area (TPSA) is 57.7 Å². The standard InChI is InChI=1S/C7H14N2O3S/c1-8(13(2,11)12)6-9-5-3-4-7(9)10/h3-6H2,1-2H3. The van der Waals surface area contributed by atoms with Gasteiger partial charge in [0.05, 0.1) is 12.9 Å². The first-order valence-electron chi connectivity index (χ1n) is 4.10. The molecule has 0 saturated carbocycles. The Labute approximate surface area is 78.4 Å². The Bertz CT molecular complexity index is 299. The zero-order valence-corrected chi connectivity index (χ0v) is 8.67. The highest BCUT2D eigenvalue weighted by atomic mass is 32.2. The van der Waals surface area contributed by atoms with Gasteiger partial charge in [0.15, 0.2) is 0 Å². The van der Waals surface area contributed by atoms with Crippen molar-refractivity contribution >= 4 is 15.9 Å². The zero-order valence-electron chi connectivity index (χ0n) is 7.86. The van der Waals surface area contributed by atoms with Crippen molar-refractivity contribution in [1.82, 2.24) is 9.21 Å². The monoisotopic (exact) mass is 206 g/mol. The van der Waals surface area contributed by atoms with Gasteiger partial charge in [-0.25, -0.2) is 8.42 Å². The van der Waals surface area contributed by atoms with E-state index in [0.29, 0.717) is 13.0 Å². The molecule has 0 aliphatic carbocycles. The van der Waals surface area contributed by atoms with Gasteiger partial charge in [0.25, 0.3) is 0 Å². The van der Waals surface area contributed by atoms with Crippen LogP contribution in [0.25, 0.3) is 0 Å². The van der Waals surface area contributed by atoms with Gasteiger partial charge in [-0.15, -0.1) is 0 Å². The maximum atomic E-state index is 11.1. The van der Waals surface area contributed by atoms with Crippen LogP contribution in [0, 0.1) is 0 Å². The van der Waals surface area contributed by atoms with E-state index in [-0.39, 0.29) is 12.6 Å². The average Bonchev–Trinajstić information content (AvgIpc) is 2.34. The largest absolute Gasteiger partial charge is 0.329 e. The highest BCUT2D eigenvalue weighted by molar-refractivity contribution is 7.88. The summed E-state index contributed by atoms with van der Waals surface area (Å²) < 4.78 is 23.2. The summed E-state index contributed by atoms with van der Waals surface area (Å²) in [5.41, 5.74) is 0. The van der Waals surface area contributed by atoms with Gasteiger partial charge in [-0.05, 0) is 6.42 Å². The number of likely N-dealkylation sites (tertiary alicyclic amines) is 1. The minimum Gasteiger partial charge on any atom is -0.329 e. The normalized spacial score (nSPS) is 18.7. The van der Waals surface area contributed by atoms with Crippen LogP contribution in [-0.2, 0) is 14.8 Å². The Kier molecular flexibility index (Phi) is 2.92. The highest BCUT2D eigenvalue weighted by Gasteiger charge is 2.23. The van der Waals surface area contributed by atoms with Crippen LogP contribution in [0.4, 0.5) is 0 Å². The van der Waals surface area contributed by atoms with E-state index in [0.717, 1.165) is 12.7 Å². The second-order valence-electron chi connectivity index (χ2n) is 3.26. The lowest BCUT2D eigenvalue weighted by Crippen LogP contribution is -2.39. The Morgan fingerprint density at radius 1 is 1.54 bits per heavy atom. The number of sulfonamides is 1. The van der Waals surface area contributed by atoms with E-state index in [1.807, 2.05) is 0 Å². The second kappa shape index (κ2) is 3.63. The molecule has 5 nitrogen and oxygen atoms in total. The van der Waals surface area contributed by atoms with Crippen LogP contribution in [0.15, 0.2) is 0 Å². The molecule has 6 heteroatoms. The first-order valence-corrected chi connectivity index (χ1v) is 5.95. The lowest BCUT2D eigenvalue weighted by Gasteiger charge is -2.21. The number of carbonyl (C=O) groups is 1. The van der Waals surface area contributed by atoms with Crippen molar-refractivity contribution in [1.29, 1.82) is 0 Å². The first kappa shape index (κ1) is 10.5. The lowest BCUT2D eigenvalue weighted by atomic mass is 10.4. The van der Waals surface area contributed by atoms with Gasteiger partial charge in [0, 0.05) is 20.0 Å². The fraction of sp³-hybridized carbons (Fsp3) is 0.857. The molecule has 0 aromatic heterocycles. The van der Waals surface area contributed by atoms with Crippen LogP contribution in [0.2, 0.25) is 0 Å². The molecular formula is C7H14N2O3S. The number of nitrogens with zero attached hydrogens (tertiary/aromatic N) is 2. The molecule has 0 unspecified atom stereocenters. The molecule has 13 heavy (non-hydrogen) atoms. The Morgan fingerprint density at radius 2 is 2.15 bits per heavy atom. The summed E-state index contributed by atoms with van der Waals surface area (Å²) in [6.07, 6.45) is 2.50. The van der Waals surface area contributed by atoms with Crippen molar-refractivity contribution in [3.8, 4) is 0 Å². The highest BCUT2D eigenvalue weighted by Crippen LogP contribution is 2.10. The lowest BCUT2D eigenvalue weighted by molar-refractivity contribution is -0.128. The SMILES string of the molecule is CN(CN1CCCC1=O)S(C)(=O)=O. The van der Waals surface area contributed by atoms with Crippen LogP contribution < -0.4 is 0 Å². The quantitative estimate of drug-likeness (QED) is 0.623. The summed E-state index contributed by atoms with van der Waals surface area (Å²) >= 11 is 0. The summed E-state index contributed by atoms with van der Waals surface area (Å²) in [5.74, 6) is 0.0375. The molecule has 1 aliphatic rings. The molecule has 0 spiro atoms. The van der Waals surface area contributed by atoms with Crippen LogP contribution >= 0.6 is 0 Å². The van der Waals surface area contributed by atoms with Crippen LogP contribution in [0.3, 0.4) is 0 Å². The first-order chi connectivity index (χ1) is 5.91. The molecule has 1 fully saturated rings. The molecule has 1 rings (SSSR count). The van der Waals surface area contributed by atoms with E-state index >= 15 is 0 Å². The minimum absolute atomic E-state index is 0.0375. The molecule has 76 valence electrons. The van der Waals surface area contributed by atoms with E-state index < -0.39 is 10.0 Å². The van der Waals surface area contributed by atoms with Gasteiger partial charge in [-0.3, -0.25) is 4.79 Å². The van der Waals surface area contributed by atoms with E-state index in [9.17, 15) is 13.2 Å². The van der Waals surface area contributed by atoms with Gasteiger partial charge in [-0.2, -0.15) is 4.31 Å². The van der Waals surface area contributed by atoms with E-state index in [1.165, 1.54) is 11.4 Å². The molecule has 0 bridgehead atoms. The summed E-state index contributed by atoms with van der Waals surface area (Å²) in [7, 11) is -1.70. The second-order valence-corrected chi connectivity index (χ2v) is 5.35. The number of rotatable bonds is 3. The van der Waals surface area contributed by atoms with Crippen molar-refractivity contribution in [2.24, 2.45) is 0 Å². The van der Waals surface area contributed by atoms with Crippen LogP contribution in [-0.4, -0.2) is 50.0 Å². The fourth-order valence-electron chi connectivity index (χ4n) is 1.20. The van der Waals surface area contributed by atoms with Gasteiger partial charge in [-0.1, -0.05) is 0 Å². The van der Waals surface area contributed by atoms with Crippen LogP contribution in [0.5, 0.6) is 0 Å². The molecule has 1 amide bonds. The van der Waals surface area contributed by atoms with Gasteiger partial charge < -0.3 is 4.90 Å². The van der Waals surface area contributed by atoms with Gasteiger partial charge in [0.1, 0.15) is 0 Å². The predicted molar refractivity (Wildman–Crippen MR) is 48.4 cm³/mol. The Hall–Kier alpha value is -0.620. The summed E-state index contributed by atoms with van der Waals surface area (Å²) in [4.78, 5) is 12.7. The van der Waals surface area contributed by atoms with E-state index in [4.69, 9.17) is 0 Å². The smallest absolute Gasteiger partial charge is 0.223 e. The van der Waals surface area contributed by atoms with E-state index in [1.54, 1.807) is 4.90 Å². The molecule has 0 N–H and O–H groups in total. The third kappa shape index (κ3) is 2.67. The zero-order chi connectivity index (χ0) is 10.1. The molecule has 0 atom stereocenters. The molecule has 1 heterocycles. The van der Waals surface area contributed by atoms with Crippen LogP contribution in [0.1, 0.15) is 12.8 Å². The fourth-order valence-corrected chi connectivity index (χ4v) is 1.55. The molecule has 0 radical (unpaired) electrons. The number of hydrogen-bond donors (Lipinski definition) is 0. The Morgan fingerprint density at radius 3 is 2.54 bits per heavy atom. The van der Waals surface area contributed by atoms with Gasteiger partial charge >= 0.3 is 0 Å². The number of carbonyl (C=O) groups excluding carboxylic acids is 1. The minimum atomic E-state index is -3.17. The van der Waals surface area contributed by atoms with Gasteiger partial charge in [0.2, 0.25) is 15.9 Å².